The highest BCUT2D eigenvalue weighted by Crippen LogP contribution is 2.29. The first-order chi connectivity index (χ1) is 15.7. The number of nitrogens with zero attached hydrogens (tertiary/aromatic N) is 1. The van der Waals surface area contributed by atoms with Crippen LogP contribution in [-0.2, 0) is 6.61 Å². The lowest BCUT2D eigenvalue weighted by Crippen LogP contribution is -1.97. The van der Waals surface area contributed by atoms with Crippen molar-refractivity contribution in [3.05, 3.63) is 94.6 Å². The smallest absolute Gasteiger partial charge is 0.161 e. The summed E-state index contributed by atoms with van der Waals surface area (Å²) in [5, 5.41) is 1.74. The van der Waals surface area contributed by atoms with Gasteiger partial charge < -0.3 is 14.2 Å². The van der Waals surface area contributed by atoms with Gasteiger partial charge in [0, 0.05) is 10.4 Å². The highest BCUT2D eigenvalue weighted by atomic mass is 35.5. The maximum Gasteiger partial charge on any atom is 0.161 e. The van der Waals surface area contributed by atoms with Crippen LogP contribution in [-0.4, -0.2) is 18.7 Å². The van der Waals surface area contributed by atoms with E-state index in [1.807, 2.05) is 85.8 Å². The van der Waals surface area contributed by atoms with Crippen molar-refractivity contribution >= 4 is 34.7 Å². The Balaban J connectivity index is 1.56. The summed E-state index contributed by atoms with van der Waals surface area (Å²) in [6.45, 7) is 2.99. The second-order valence-corrected chi connectivity index (χ2v) is 7.59. The summed E-state index contributed by atoms with van der Waals surface area (Å²) in [4.78, 5) is 4.82. The Hall–Kier alpha value is -3.50. The molecular weight excluding hydrogens is 422 g/mol. The van der Waals surface area contributed by atoms with E-state index in [0.29, 0.717) is 24.0 Å². The van der Waals surface area contributed by atoms with Crippen LogP contribution in [0.25, 0.3) is 23.1 Å². The van der Waals surface area contributed by atoms with E-state index in [2.05, 4.69) is 6.07 Å². The molecule has 4 nitrogen and oxygen atoms in total. The van der Waals surface area contributed by atoms with Crippen molar-refractivity contribution in [2.24, 2.45) is 0 Å². The van der Waals surface area contributed by atoms with E-state index in [-0.39, 0.29) is 0 Å². The first-order valence-corrected chi connectivity index (χ1v) is 10.8. The summed E-state index contributed by atoms with van der Waals surface area (Å²) in [5.41, 5.74) is 3.71. The Labute approximate surface area is 193 Å². The van der Waals surface area contributed by atoms with E-state index in [1.54, 1.807) is 7.11 Å². The molecule has 1 heterocycles. The van der Waals surface area contributed by atoms with Gasteiger partial charge in [0.2, 0.25) is 0 Å². The highest BCUT2D eigenvalue weighted by molar-refractivity contribution is 6.30. The summed E-state index contributed by atoms with van der Waals surface area (Å²) in [6, 6.07) is 23.5. The predicted octanol–water partition coefficient (Wildman–Crippen LogP) is 7.04. The number of fused-ring (bicyclic) bond motifs is 1. The predicted molar refractivity (Wildman–Crippen MR) is 131 cm³/mol. The Morgan fingerprint density at radius 3 is 2.47 bits per heavy atom. The lowest BCUT2D eigenvalue weighted by molar-refractivity contribution is 0.309. The SMILES string of the molecule is CCOc1ccc(/C=C\c2ccc3cccc(OCc4ccc(Cl)cc4)c3n2)cc1OC. The Kier molecular flexibility index (Phi) is 6.93. The Bertz CT molecular complexity index is 1240. The van der Waals surface area contributed by atoms with Crippen LogP contribution in [0.4, 0.5) is 0 Å². The zero-order chi connectivity index (χ0) is 22.3. The largest absolute Gasteiger partial charge is 0.493 e. The van der Waals surface area contributed by atoms with Crippen LogP contribution in [0.1, 0.15) is 23.7 Å². The van der Waals surface area contributed by atoms with Gasteiger partial charge >= 0.3 is 0 Å². The fraction of sp³-hybridized carbons (Fsp3) is 0.148. The maximum absolute atomic E-state index is 6.07. The average Bonchev–Trinajstić information content (AvgIpc) is 2.83. The van der Waals surface area contributed by atoms with Crippen molar-refractivity contribution < 1.29 is 14.2 Å². The molecule has 0 spiro atoms. The van der Waals surface area contributed by atoms with Crippen molar-refractivity contribution in [2.75, 3.05) is 13.7 Å². The van der Waals surface area contributed by atoms with Gasteiger partial charge in [0.05, 0.1) is 19.4 Å². The molecule has 32 heavy (non-hydrogen) atoms. The molecular formula is C27H24ClNO3. The van der Waals surface area contributed by atoms with Gasteiger partial charge in [-0.15, -0.1) is 0 Å². The Morgan fingerprint density at radius 1 is 0.844 bits per heavy atom. The fourth-order valence-corrected chi connectivity index (χ4v) is 3.46. The second kappa shape index (κ2) is 10.2. The number of aromatic nitrogens is 1. The molecule has 0 saturated carbocycles. The van der Waals surface area contributed by atoms with Gasteiger partial charge in [0.25, 0.3) is 0 Å². The number of methoxy groups -OCH3 is 1. The highest BCUT2D eigenvalue weighted by Gasteiger charge is 2.06. The molecule has 4 aromatic rings. The molecule has 3 aromatic carbocycles. The summed E-state index contributed by atoms with van der Waals surface area (Å²) >= 11 is 5.97. The normalized spacial score (nSPS) is 11.1. The molecule has 0 saturated heterocycles. The molecule has 0 fully saturated rings. The molecule has 0 bridgehead atoms. The van der Waals surface area contributed by atoms with Crippen molar-refractivity contribution in [2.45, 2.75) is 13.5 Å². The molecule has 0 unspecified atom stereocenters. The van der Waals surface area contributed by atoms with Crippen LogP contribution in [0.15, 0.2) is 72.8 Å². The second-order valence-electron chi connectivity index (χ2n) is 7.16. The lowest BCUT2D eigenvalue weighted by atomic mass is 10.1. The van der Waals surface area contributed by atoms with Crippen LogP contribution in [0.2, 0.25) is 5.02 Å². The Morgan fingerprint density at radius 2 is 1.69 bits per heavy atom. The van der Waals surface area contributed by atoms with Gasteiger partial charge in [-0.25, -0.2) is 4.98 Å². The van der Waals surface area contributed by atoms with Crippen molar-refractivity contribution in [1.82, 2.24) is 4.98 Å². The fourth-order valence-electron chi connectivity index (χ4n) is 3.33. The third-order valence-corrected chi connectivity index (χ3v) is 5.20. The van der Waals surface area contributed by atoms with Crippen LogP contribution >= 0.6 is 11.6 Å². The van der Waals surface area contributed by atoms with E-state index in [1.165, 1.54) is 0 Å². The monoisotopic (exact) mass is 445 g/mol. The van der Waals surface area contributed by atoms with Crippen LogP contribution in [0.3, 0.4) is 0 Å². The van der Waals surface area contributed by atoms with E-state index in [4.69, 9.17) is 30.8 Å². The van der Waals surface area contributed by atoms with Gasteiger partial charge in [0.1, 0.15) is 17.9 Å². The third kappa shape index (κ3) is 5.21. The first kappa shape index (κ1) is 21.7. The van der Waals surface area contributed by atoms with Crippen molar-refractivity contribution in [3.8, 4) is 17.2 Å². The number of rotatable bonds is 8. The number of pyridine rings is 1. The topological polar surface area (TPSA) is 40.6 Å². The number of hydrogen-bond acceptors (Lipinski definition) is 4. The van der Waals surface area contributed by atoms with Gasteiger partial charge in [-0.3, -0.25) is 0 Å². The average molecular weight is 446 g/mol. The molecule has 1 aromatic heterocycles. The number of halogens is 1. The number of ether oxygens (including phenoxy) is 3. The molecule has 0 aliphatic heterocycles. The van der Waals surface area contributed by atoms with Gasteiger partial charge in [-0.1, -0.05) is 54.1 Å². The summed E-state index contributed by atoms with van der Waals surface area (Å²) in [5.74, 6) is 2.19. The van der Waals surface area contributed by atoms with Crippen LogP contribution < -0.4 is 14.2 Å². The molecule has 0 amide bonds. The molecule has 4 rings (SSSR count). The maximum atomic E-state index is 6.07. The standard InChI is InChI=1S/C27H24ClNO3/c1-3-31-24-16-10-19(17-26(24)30-2)9-14-23-15-11-21-5-4-6-25(27(21)29-23)32-18-20-7-12-22(28)13-8-20/h4-17H,3,18H2,1-2H3/b14-9-. The van der Waals surface area contributed by atoms with E-state index in [0.717, 1.165) is 39.2 Å². The summed E-state index contributed by atoms with van der Waals surface area (Å²) < 4.78 is 17.1. The van der Waals surface area contributed by atoms with E-state index in [9.17, 15) is 0 Å². The zero-order valence-electron chi connectivity index (χ0n) is 18.0. The molecule has 0 aliphatic rings. The van der Waals surface area contributed by atoms with Crippen LogP contribution in [0.5, 0.6) is 17.2 Å². The minimum atomic E-state index is 0.448. The van der Waals surface area contributed by atoms with Gasteiger partial charge in [-0.2, -0.15) is 0 Å². The quantitative estimate of drug-likeness (QED) is 0.291. The minimum Gasteiger partial charge on any atom is -0.493 e. The third-order valence-electron chi connectivity index (χ3n) is 4.95. The van der Waals surface area contributed by atoms with Crippen LogP contribution in [0, 0.1) is 0 Å². The molecule has 0 atom stereocenters. The summed E-state index contributed by atoms with van der Waals surface area (Å²) in [6.07, 6.45) is 3.98. The molecule has 0 radical (unpaired) electrons. The van der Waals surface area contributed by atoms with Gasteiger partial charge in [-0.05, 0) is 60.5 Å². The number of para-hydroxylation sites is 1. The summed E-state index contributed by atoms with van der Waals surface area (Å²) in [7, 11) is 1.64. The number of benzene rings is 3. The van der Waals surface area contributed by atoms with Crippen molar-refractivity contribution in [3.63, 3.8) is 0 Å². The molecule has 0 N–H and O–H groups in total. The molecule has 5 heteroatoms. The first-order valence-electron chi connectivity index (χ1n) is 10.4. The minimum absolute atomic E-state index is 0.448. The van der Waals surface area contributed by atoms with E-state index >= 15 is 0 Å². The lowest BCUT2D eigenvalue weighted by Gasteiger charge is -2.10. The van der Waals surface area contributed by atoms with E-state index < -0.39 is 0 Å². The van der Waals surface area contributed by atoms with Gasteiger partial charge in [0.15, 0.2) is 11.5 Å². The molecule has 162 valence electrons. The number of hydrogen-bond donors (Lipinski definition) is 0. The molecule has 0 aliphatic carbocycles. The zero-order valence-corrected chi connectivity index (χ0v) is 18.8. The van der Waals surface area contributed by atoms with Crippen molar-refractivity contribution in [1.29, 1.82) is 0 Å².